The van der Waals surface area contributed by atoms with E-state index in [1.54, 1.807) is 0 Å². The Hall–Kier alpha value is -1.99. The van der Waals surface area contributed by atoms with Gasteiger partial charge >= 0.3 is 0 Å². The molecule has 1 atom stereocenters. The number of hydrogen-bond acceptors (Lipinski definition) is 6. The van der Waals surface area contributed by atoms with Gasteiger partial charge in [-0.25, -0.2) is 0 Å². The molecule has 1 aliphatic carbocycles. The van der Waals surface area contributed by atoms with Crippen LogP contribution in [-0.4, -0.2) is 49.9 Å². The highest BCUT2D eigenvalue weighted by atomic mass is 16.5. The number of hydrogen-bond donors (Lipinski definition) is 0. The number of aromatic nitrogens is 4. The Morgan fingerprint density at radius 3 is 2.96 bits per heavy atom. The third-order valence-corrected chi connectivity index (χ3v) is 5.45. The van der Waals surface area contributed by atoms with Crippen LogP contribution in [0.15, 0.2) is 22.7 Å². The van der Waals surface area contributed by atoms with E-state index in [4.69, 9.17) is 9.62 Å². The second-order valence-electron chi connectivity index (χ2n) is 7.99. The van der Waals surface area contributed by atoms with E-state index in [2.05, 4.69) is 49.9 Å². The zero-order chi connectivity index (χ0) is 18.6. The van der Waals surface area contributed by atoms with Gasteiger partial charge in [0.25, 0.3) is 0 Å². The molecule has 3 heterocycles. The first-order chi connectivity index (χ1) is 13.2. The van der Waals surface area contributed by atoms with Crippen LogP contribution in [0.4, 0.5) is 0 Å². The molecule has 2 aromatic heterocycles. The molecule has 0 N–H and O–H groups in total. The van der Waals surface area contributed by atoms with E-state index in [9.17, 15) is 0 Å². The highest BCUT2D eigenvalue weighted by Gasteiger charge is 2.20. The maximum Gasteiger partial charge on any atom is 0.223 e. The number of rotatable bonds is 6. The molecule has 4 rings (SSSR count). The fourth-order valence-corrected chi connectivity index (χ4v) is 4.19. The lowest BCUT2D eigenvalue weighted by Crippen LogP contribution is -2.29. The van der Waals surface area contributed by atoms with E-state index in [0.717, 1.165) is 37.1 Å². The van der Waals surface area contributed by atoms with Crippen LogP contribution >= 0.6 is 0 Å². The van der Waals surface area contributed by atoms with Gasteiger partial charge in [-0.05, 0) is 44.7 Å². The number of aryl methyl sites for hydroxylation is 2. The van der Waals surface area contributed by atoms with E-state index >= 15 is 0 Å². The van der Waals surface area contributed by atoms with Crippen molar-refractivity contribution in [2.45, 2.75) is 58.8 Å². The summed E-state index contributed by atoms with van der Waals surface area (Å²) in [5.41, 5.74) is 2.47. The maximum atomic E-state index is 5.05. The van der Waals surface area contributed by atoms with Crippen molar-refractivity contribution in [3.05, 3.63) is 41.3 Å². The summed E-state index contributed by atoms with van der Waals surface area (Å²) < 4.78 is 7.26. The lowest BCUT2D eigenvalue weighted by atomic mass is 9.94. The molecular formula is C20H30N6O. The fourth-order valence-electron chi connectivity index (χ4n) is 4.19. The second-order valence-corrected chi connectivity index (χ2v) is 7.99. The molecule has 0 amide bonds. The Morgan fingerprint density at radius 1 is 1.26 bits per heavy atom. The Bertz CT molecular complexity index is 779. The topological polar surface area (TPSA) is 63.2 Å². The summed E-state index contributed by atoms with van der Waals surface area (Å²) in [7, 11) is 2.07. The highest BCUT2D eigenvalue weighted by Crippen LogP contribution is 2.22. The van der Waals surface area contributed by atoms with Gasteiger partial charge in [0, 0.05) is 39.6 Å². The van der Waals surface area contributed by atoms with E-state index in [-0.39, 0.29) is 0 Å². The Balaban J connectivity index is 1.35. The molecule has 0 bridgehead atoms. The summed E-state index contributed by atoms with van der Waals surface area (Å²) in [5, 5.41) is 8.83. The largest absolute Gasteiger partial charge is 0.340 e. The molecule has 146 valence electrons. The van der Waals surface area contributed by atoms with Gasteiger partial charge < -0.3 is 4.52 Å². The van der Waals surface area contributed by atoms with Crippen LogP contribution in [0.3, 0.4) is 0 Å². The maximum absolute atomic E-state index is 5.05. The molecule has 0 aromatic carbocycles. The zero-order valence-electron chi connectivity index (χ0n) is 16.5. The van der Waals surface area contributed by atoms with Crippen LogP contribution in [0.1, 0.15) is 48.8 Å². The van der Waals surface area contributed by atoms with Gasteiger partial charge in [0.2, 0.25) is 5.89 Å². The summed E-state index contributed by atoms with van der Waals surface area (Å²) in [6, 6.07) is 2.27. The molecule has 0 radical (unpaired) electrons. The van der Waals surface area contributed by atoms with Crippen molar-refractivity contribution < 1.29 is 4.52 Å². The molecule has 0 fully saturated rings. The predicted molar refractivity (Wildman–Crippen MR) is 103 cm³/mol. The van der Waals surface area contributed by atoms with E-state index in [1.807, 2.05) is 6.92 Å². The fraction of sp³-hybridized carbons (Fsp3) is 0.650. The average molecular weight is 371 g/mol. The molecule has 7 heteroatoms. The van der Waals surface area contributed by atoms with Crippen LogP contribution in [0, 0.1) is 12.8 Å². The molecule has 27 heavy (non-hydrogen) atoms. The molecule has 1 aliphatic heterocycles. The smallest absolute Gasteiger partial charge is 0.223 e. The number of allylic oxidation sites excluding steroid dienone is 2. The lowest BCUT2D eigenvalue weighted by molar-refractivity contribution is 0.218. The van der Waals surface area contributed by atoms with Gasteiger partial charge in [-0.15, -0.1) is 0 Å². The normalized spacial score (nSPS) is 20.8. The van der Waals surface area contributed by atoms with Crippen LogP contribution in [0.25, 0.3) is 0 Å². The third-order valence-electron chi connectivity index (χ3n) is 5.45. The molecule has 0 saturated heterocycles. The van der Waals surface area contributed by atoms with Gasteiger partial charge in [0.15, 0.2) is 5.82 Å². The minimum Gasteiger partial charge on any atom is -0.340 e. The first-order valence-electron chi connectivity index (χ1n) is 10.1. The molecule has 2 aromatic rings. The standard InChI is InChI=1S/C20H30N6O/c1-16-21-20(23-27-16)15-24(2)13-18-11-19-14-25(9-6-10-26(19)22-18)12-17-7-4-3-5-8-17/h3-4,11,17H,5-10,12-15H2,1-2H3/t17-/m1/s1. The average Bonchev–Trinajstić information content (AvgIpc) is 3.16. The van der Waals surface area contributed by atoms with Crippen LogP contribution < -0.4 is 0 Å². The minimum absolute atomic E-state index is 0.612. The van der Waals surface area contributed by atoms with Gasteiger partial charge in [-0.1, -0.05) is 17.3 Å². The van der Waals surface area contributed by atoms with Gasteiger partial charge in [-0.2, -0.15) is 10.1 Å². The Kier molecular flexibility index (Phi) is 5.69. The van der Waals surface area contributed by atoms with Crippen molar-refractivity contribution in [1.82, 2.24) is 29.7 Å². The highest BCUT2D eigenvalue weighted by molar-refractivity contribution is 5.11. The van der Waals surface area contributed by atoms with E-state index in [1.165, 1.54) is 44.5 Å². The SMILES string of the molecule is Cc1nc(CN(C)Cc2cc3n(n2)CCCN(C[C@@H]2CC=CCC2)C3)no1. The Labute approximate surface area is 161 Å². The molecule has 0 spiro atoms. The number of nitrogens with zero attached hydrogens (tertiary/aromatic N) is 6. The van der Waals surface area contributed by atoms with E-state index in [0.29, 0.717) is 12.4 Å². The van der Waals surface area contributed by atoms with Crippen molar-refractivity contribution in [3.63, 3.8) is 0 Å². The van der Waals surface area contributed by atoms with Gasteiger partial charge in [0.05, 0.1) is 17.9 Å². The monoisotopic (exact) mass is 370 g/mol. The molecule has 0 unspecified atom stereocenters. The van der Waals surface area contributed by atoms with Crippen molar-refractivity contribution in [3.8, 4) is 0 Å². The number of fused-ring (bicyclic) bond motifs is 1. The second kappa shape index (κ2) is 8.35. The van der Waals surface area contributed by atoms with E-state index < -0.39 is 0 Å². The third kappa shape index (κ3) is 4.84. The first kappa shape index (κ1) is 18.4. The van der Waals surface area contributed by atoms with Crippen molar-refractivity contribution in [2.24, 2.45) is 5.92 Å². The quantitative estimate of drug-likeness (QED) is 0.729. The molecule has 0 saturated carbocycles. The Morgan fingerprint density at radius 2 is 2.19 bits per heavy atom. The summed E-state index contributed by atoms with van der Waals surface area (Å²) in [4.78, 5) is 9.08. The lowest BCUT2D eigenvalue weighted by Gasteiger charge is -2.26. The van der Waals surface area contributed by atoms with Crippen molar-refractivity contribution >= 4 is 0 Å². The van der Waals surface area contributed by atoms with Gasteiger partial charge in [-0.3, -0.25) is 14.5 Å². The van der Waals surface area contributed by atoms with Crippen molar-refractivity contribution in [1.29, 1.82) is 0 Å². The summed E-state index contributed by atoms with van der Waals surface area (Å²) >= 11 is 0. The summed E-state index contributed by atoms with van der Waals surface area (Å²) in [6.07, 6.45) is 9.67. The van der Waals surface area contributed by atoms with Crippen LogP contribution in [0.2, 0.25) is 0 Å². The summed E-state index contributed by atoms with van der Waals surface area (Å²) in [5.74, 6) is 2.15. The first-order valence-corrected chi connectivity index (χ1v) is 10.1. The predicted octanol–water partition coefficient (Wildman–Crippen LogP) is 2.77. The molecule has 2 aliphatic rings. The van der Waals surface area contributed by atoms with Crippen LogP contribution in [-0.2, 0) is 26.2 Å². The van der Waals surface area contributed by atoms with Crippen molar-refractivity contribution in [2.75, 3.05) is 20.1 Å². The molecular weight excluding hydrogens is 340 g/mol. The van der Waals surface area contributed by atoms with Crippen LogP contribution in [0.5, 0.6) is 0 Å². The zero-order valence-corrected chi connectivity index (χ0v) is 16.5. The molecule has 7 nitrogen and oxygen atoms in total. The minimum atomic E-state index is 0.612. The van der Waals surface area contributed by atoms with Gasteiger partial charge in [0.1, 0.15) is 0 Å². The summed E-state index contributed by atoms with van der Waals surface area (Å²) in [6.45, 7) is 7.70.